The van der Waals surface area contributed by atoms with Crippen LogP contribution in [0.25, 0.3) is 5.57 Å². The molecule has 0 radical (unpaired) electrons. The Morgan fingerprint density at radius 3 is 2.10 bits per heavy atom. The average molecular weight is 270 g/mol. The summed E-state index contributed by atoms with van der Waals surface area (Å²) in [5, 5.41) is 0. The summed E-state index contributed by atoms with van der Waals surface area (Å²) in [5.41, 5.74) is 6.64. The first-order valence-electron chi connectivity index (χ1n) is 6.72. The highest BCUT2D eigenvalue weighted by molar-refractivity contribution is 6.29. The number of allylic oxidation sites excluding steroid dienone is 3. The molecule has 0 N–H and O–H groups in total. The van der Waals surface area contributed by atoms with Crippen LogP contribution in [-0.4, -0.2) is 11.6 Å². The summed E-state index contributed by atoms with van der Waals surface area (Å²) in [4.78, 5) is 25.4. The first-order chi connectivity index (χ1) is 10.3. The first kappa shape index (κ1) is 11.8. The standard InChI is InChI=1S/C19H10O2/c20-18-14-8-3-4-9-15(14)19(21)17-13(10-5-11-16(17)18)12-6-1-2-7-12/h1-6,8-11H. The van der Waals surface area contributed by atoms with E-state index in [0.717, 1.165) is 11.1 Å². The summed E-state index contributed by atoms with van der Waals surface area (Å²) in [6.07, 6.45) is 5.57. The summed E-state index contributed by atoms with van der Waals surface area (Å²) in [6.45, 7) is 0. The molecule has 98 valence electrons. The van der Waals surface area contributed by atoms with Crippen LogP contribution in [0, 0.1) is 0 Å². The summed E-state index contributed by atoms with van der Waals surface area (Å²) in [6, 6.07) is 12.4. The Balaban J connectivity index is 2.04. The molecule has 0 aromatic heterocycles. The van der Waals surface area contributed by atoms with E-state index in [2.05, 4.69) is 5.73 Å². The molecule has 2 aliphatic carbocycles. The SMILES string of the molecule is O=C1c2ccccc2C(=O)c2c1cccc2C1=C=CC=C1. The van der Waals surface area contributed by atoms with Gasteiger partial charge in [0.15, 0.2) is 11.6 Å². The number of rotatable bonds is 1. The van der Waals surface area contributed by atoms with Gasteiger partial charge in [0, 0.05) is 33.4 Å². The maximum atomic E-state index is 12.8. The van der Waals surface area contributed by atoms with Crippen LogP contribution in [0.15, 0.2) is 66.4 Å². The second kappa shape index (κ2) is 4.27. The number of hydrogen-bond acceptors (Lipinski definition) is 2. The molecule has 21 heavy (non-hydrogen) atoms. The van der Waals surface area contributed by atoms with Gasteiger partial charge >= 0.3 is 0 Å². The molecular weight excluding hydrogens is 260 g/mol. The Hall–Kier alpha value is -2.96. The lowest BCUT2D eigenvalue weighted by atomic mass is 9.80. The molecule has 0 saturated heterocycles. The zero-order valence-corrected chi connectivity index (χ0v) is 11.1. The highest BCUT2D eigenvalue weighted by Crippen LogP contribution is 2.33. The Morgan fingerprint density at radius 1 is 0.714 bits per heavy atom. The third-order valence-corrected chi connectivity index (χ3v) is 3.84. The molecule has 2 nitrogen and oxygen atoms in total. The van der Waals surface area contributed by atoms with Gasteiger partial charge in [-0.25, -0.2) is 0 Å². The number of ketones is 2. The van der Waals surface area contributed by atoms with Crippen LogP contribution in [0.2, 0.25) is 0 Å². The summed E-state index contributed by atoms with van der Waals surface area (Å²) in [7, 11) is 0. The van der Waals surface area contributed by atoms with Gasteiger partial charge in [0.1, 0.15) is 0 Å². The van der Waals surface area contributed by atoms with Crippen LogP contribution >= 0.6 is 0 Å². The number of hydrogen-bond donors (Lipinski definition) is 0. The first-order valence-corrected chi connectivity index (χ1v) is 6.72. The van der Waals surface area contributed by atoms with Gasteiger partial charge < -0.3 is 0 Å². The van der Waals surface area contributed by atoms with E-state index in [1.807, 2.05) is 24.3 Å². The van der Waals surface area contributed by atoms with Crippen molar-refractivity contribution in [1.82, 2.24) is 0 Å². The van der Waals surface area contributed by atoms with E-state index in [9.17, 15) is 9.59 Å². The van der Waals surface area contributed by atoms with Gasteiger partial charge in [-0.1, -0.05) is 48.5 Å². The molecule has 2 aromatic carbocycles. The minimum atomic E-state index is -0.0922. The monoisotopic (exact) mass is 270 g/mol. The third kappa shape index (κ3) is 1.60. The van der Waals surface area contributed by atoms with Crippen molar-refractivity contribution in [3.63, 3.8) is 0 Å². The van der Waals surface area contributed by atoms with Gasteiger partial charge in [-0.05, 0) is 12.2 Å². The van der Waals surface area contributed by atoms with E-state index < -0.39 is 0 Å². The van der Waals surface area contributed by atoms with Crippen molar-refractivity contribution in [3.05, 3.63) is 94.2 Å². The summed E-state index contributed by atoms with van der Waals surface area (Å²) >= 11 is 0. The van der Waals surface area contributed by atoms with E-state index in [0.29, 0.717) is 22.3 Å². The van der Waals surface area contributed by atoms with Gasteiger partial charge in [-0.3, -0.25) is 9.59 Å². The van der Waals surface area contributed by atoms with E-state index in [1.165, 1.54) is 0 Å². The van der Waals surface area contributed by atoms with Gasteiger partial charge in [0.2, 0.25) is 0 Å². The molecule has 0 atom stereocenters. The Kier molecular flexibility index (Phi) is 2.41. The lowest BCUT2D eigenvalue weighted by Crippen LogP contribution is -2.22. The van der Waals surface area contributed by atoms with Crippen LogP contribution in [0.4, 0.5) is 0 Å². The smallest absolute Gasteiger partial charge is 0.195 e. The minimum Gasteiger partial charge on any atom is -0.289 e. The quantitative estimate of drug-likeness (QED) is 0.633. The largest absolute Gasteiger partial charge is 0.289 e. The minimum absolute atomic E-state index is 0.0893. The van der Waals surface area contributed by atoms with E-state index in [-0.39, 0.29) is 11.6 Å². The Bertz CT molecular complexity index is 907. The number of benzene rings is 2. The van der Waals surface area contributed by atoms with Crippen LogP contribution in [0.1, 0.15) is 37.4 Å². The zero-order chi connectivity index (χ0) is 14.4. The molecular formula is C19H10O2. The molecule has 0 fully saturated rings. The third-order valence-electron chi connectivity index (χ3n) is 3.84. The molecule has 2 heteroatoms. The zero-order valence-electron chi connectivity index (χ0n) is 11.1. The maximum Gasteiger partial charge on any atom is 0.195 e. The van der Waals surface area contributed by atoms with Crippen molar-refractivity contribution >= 4 is 17.1 Å². The van der Waals surface area contributed by atoms with Gasteiger partial charge in [0.05, 0.1) is 0 Å². The van der Waals surface area contributed by atoms with Crippen LogP contribution in [-0.2, 0) is 0 Å². The average Bonchev–Trinajstić information content (AvgIpc) is 3.06. The summed E-state index contributed by atoms with van der Waals surface area (Å²) in [5.74, 6) is -0.181. The van der Waals surface area contributed by atoms with Crippen molar-refractivity contribution in [2.45, 2.75) is 0 Å². The number of fused-ring (bicyclic) bond motifs is 2. The molecule has 0 saturated carbocycles. The van der Waals surface area contributed by atoms with Crippen LogP contribution < -0.4 is 0 Å². The van der Waals surface area contributed by atoms with Crippen LogP contribution in [0.3, 0.4) is 0 Å². The fourth-order valence-corrected chi connectivity index (χ4v) is 2.87. The molecule has 4 rings (SSSR count). The molecule has 0 heterocycles. The molecule has 2 aliphatic rings. The van der Waals surface area contributed by atoms with Crippen molar-refractivity contribution in [2.24, 2.45) is 0 Å². The fraction of sp³-hybridized carbons (Fsp3) is 0. The van der Waals surface area contributed by atoms with Gasteiger partial charge in [0.25, 0.3) is 0 Å². The number of carbonyl (C=O) groups excluding carboxylic acids is 2. The van der Waals surface area contributed by atoms with E-state index >= 15 is 0 Å². The normalized spacial score (nSPS) is 15.0. The number of carbonyl (C=O) groups is 2. The molecule has 0 bridgehead atoms. The second-order valence-corrected chi connectivity index (χ2v) is 5.02. The van der Waals surface area contributed by atoms with Crippen LogP contribution in [0.5, 0.6) is 0 Å². The van der Waals surface area contributed by atoms with E-state index in [4.69, 9.17) is 0 Å². The van der Waals surface area contributed by atoms with Crippen molar-refractivity contribution in [2.75, 3.05) is 0 Å². The van der Waals surface area contributed by atoms with E-state index in [1.54, 1.807) is 36.4 Å². The predicted octanol–water partition coefficient (Wildman–Crippen LogP) is 3.57. The lowest BCUT2D eigenvalue weighted by Gasteiger charge is -2.19. The Labute approximate surface area is 121 Å². The van der Waals surface area contributed by atoms with Crippen molar-refractivity contribution in [1.29, 1.82) is 0 Å². The highest BCUT2D eigenvalue weighted by Gasteiger charge is 2.31. The fourth-order valence-electron chi connectivity index (χ4n) is 2.87. The highest BCUT2D eigenvalue weighted by atomic mass is 16.1. The van der Waals surface area contributed by atoms with Gasteiger partial charge in [-0.15, -0.1) is 5.73 Å². The topological polar surface area (TPSA) is 34.1 Å². The Morgan fingerprint density at radius 2 is 1.38 bits per heavy atom. The molecule has 0 amide bonds. The second-order valence-electron chi connectivity index (χ2n) is 5.02. The summed E-state index contributed by atoms with van der Waals surface area (Å²) < 4.78 is 0. The molecule has 0 spiro atoms. The molecule has 0 aliphatic heterocycles. The van der Waals surface area contributed by atoms with Crippen molar-refractivity contribution in [3.8, 4) is 0 Å². The molecule has 0 unspecified atom stereocenters. The lowest BCUT2D eigenvalue weighted by molar-refractivity contribution is 0.0979. The van der Waals surface area contributed by atoms with Crippen molar-refractivity contribution < 1.29 is 9.59 Å². The predicted molar refractivity (Wildman–Crippen MR) is 80.4 cm³/mol. The van der Waals surface area contributed by atoms with Gasteiger partial charge in [-0.2, -0.15) is 0 Å². The molecule has 2 aromatic rings. The maximum absolute atomic E-state index is 12.8.